The summed E-state index contributed by atoms with van der Waals surface area (Å²) in [7, 11) is 9.74. The van der Waals surface area contributed by atoms with Crippen molar-refractivity contribution in [1.29, 1.82) is 0 Å². The minimum Gasteiger partial charge on any atom is -0.382 e. The number of hydrogen-bond donors (Lipinski definition) is 6. The van der Waals surface area contributed by atoms with Crippen LogP contribution in [0.2, 0.25) is 0 Å². The largest absolute Gasteiger partial charge is 0.382 e. The fourth-order valence-corrected chi connectivity index (χ4v) is 6.60. The highest BCUT2D eigenvalue weighted by Crippen LogP contribution is 2.28. The smallest absolute Gasteiger partial charge is 0.253 e. The Balaban J connectivity index is 1.21. The Hall–Kier alpha value is -5.76. The van der Waals surface area contributed by atoms with Gasteiger partial charge in [0.2, 0.25) is 0 Å². The topological polar surface area (TPSA) is 158 Å². The highest BCUT2D eigenvalue weighted by molar-refractivity contribution is 6.10. The van der Waals surface area contributed by atoms with Crippen molar-refractivity contribution >= 4 is 66.8 Å². The lowest BCUT2D eigenvalue weighted by Gasteiger charge is -2.21. The number of hydrogen-bond acceptors (Lipinski definition) is 9. The van der Waals surface area contributed by atoms with Crippen LogP contribution in [-0.4, -0.2) is 124 Å². The second-order valence-corrected chi connectivity index (χ2v) is 14.1. The van der Waals surface area contributed by atoms with Crippen LogP contribution in [0.15, 0.2) is 82.4 Å². The minimum absolute atomic E-state index is 0.151. The molecule has 0 aliphatic rings. The fourth-order valence-electron chi connectivity index (χ4n) is 6.60. The molecule has 0 saturated carbocycles. The molecular weight excluding hydrogens is 683 g/mol. The first-order chi connectivity index (χ1) is 26.0. The van der Waals surface area contributed by atoms with E-state index in [-0.39, 0.29) is 22.7 Å². The van der Waals surface area contributed by atoms with Crippen LogP contribution in [0, 0.1) is 0 Å². The molecule has 13 heteroatoms. The van der Waals surface area contributed by atoms with Gasteiger partial charge in [-0.25, -0.2) is 0 Å². The monoisotopic (exact) mass is 731 g/mol. The number of amides is 2. The number of pyridine rings is 2. The number of anilines is 2. The van der Waals surface area contributed by atoms with Crippen LogP contribution in [0.5, 0.6) is 0 Å². The molecular formula is C41H49N9O4. The summed E-state index contributed by atoms with van der Waals surface area (Å²) >= 11 is 0. The zero-order chi connectivity index (χ0) is 38.4. The molecule has 0 spiro atoms. The summed E-state index contributed by atoms with van der Waals surface area (Å²) in [4.78, 5) is 67.4. The SMILES string of the molecule is CN(C)CCNC(=O)c1ccc2[nH]c3ccccc3c(=O)c2c1NCCN(C)CCNc1c(C(=O)NCCN(C)C)ccc2[nH]c3ccccc3c(=O)c12. The van der Waals surface area contributed by atoms with E-state index in [1.807, 2.05) is 81.4 Å². The van der Waals surface area contributed by atoms with Gasteiger partial charge in [-0.05, 0) is 83.8 Å². The number of nitrogens with one attached hydrogen (secondary N) is 6. The summed E-state index contributed by atoms with van der Waals surface area (Å²) in [6.07, 6.45) is 0. The quantitative estimate of drug-likeness (QED) is 0.0817. The van der Waals surface area contributed by atoms with Gasteiger partial charge in [0.1, 0.15) is 0 Å². The Morgan fingerprint density at radius 3 is 1.33 bits per heavy atom. The predicted molar refractivity (Wildman–Crippen MR) is 220 cm³/mol. The average molecular weight is 732 g/mol. The van der Waals surface area contributed by atoms with Crippen molar-refractivity contribution in [2.75, 3.05) is 98.2 Å². The van der Waals surface area contributed by atoms with Gasteiger partial charge in [-0.2, -0.15) is 0 Å². The van der Waals surface area contributed by atoms with Gasteiger partial charge in [-0.3, -0.25) is 19.2 Å². The van der Waals surface area contributed by atoms with Gasteiger partial charge in [0.15, 0.2) is 10.9 Å². The van der Waals surface area contributed by atoms with Gasteiger partial charge in [0.25, 0.3) is 11.8 Å². The second kappa shape index (κ2) is 16.9. The summed E-state index contributed by atoms with van der Waals surface area (Å²) in [5.41, 5.74) is 4.21. The molecule has 0 unspecified atom stereocenters. The highest BCUT2D eigenvalue weighted by Gasteiger charge is 2.20. The molecule has 0 bridgehead atoms. The maximum Gasteiger partial charge on any atom is 0.253 e. The maximum absolute atomic E-state index is 13.8. The first kappa shape index (κ1) is 38.0. The number of H-pyrrole nitrogens is 2. The second-order valence-electron chi connectivity index (χ2n) is 14.1. The fraction of sp³-hybridized carbons (Fsp3) is 0.317. The third kappa shape index (κ3) is 8.38. The Kier molecular flexibility index (Phi) is 11.9. The summed E-state index contributed by atoms with van der Waals surface area (Å²) in [5, 5.41) is 14.8. The standard InChI is InChI=1S/C41H49N9O4/c1-48(2)22-18-44-40(53)28-14-16-32-34(38(51)26-10-6-8-12-30(26)46-32)36(28)42-20-24-50(5)25-21-43-37-29(41(54)45-19-23-49(3)4)15-17-33-35(37)39(52)27-11-7-9-13-31(27)47-33/h6-17,42-43H,18-25H2,1-5H3,(H,44,53)(H,45,54)(H,46,51)(H,47,52). The number of likely N-dealkylation sites (N-methyl/N-ethyl adjacent to an activating group) is 3. The molecule has 0 aliphatic heterocycles. The van der Waals surface area contributed by atoms with Crippen molar-refractivity contribution in [3.8, 4) is 0 Å². The van der Waals surface area contributed by atoms with Crippen molar-refractivity contribution in [2.45, 2.75) is 0 Å². The molecule has 6 N–H and O–H groups in total. The minimum atomic E-state index is -0.259. The predicted octanol–water partition coefficient (Wildman–Crippen LogP) is 3.71. The van der Waals surface area contributed by atoms with Crippen LogP contribution in [0.25, 0.3) is 43.6 Å². The van der Waals surface area contributed by atoms with E-state index < -0.39 is 0 Å². The number of carbonyl (C=O) groups is 2. The zero-order valence-corrected chi connectivity index (χ0v) is 31.6. The Labute approximate surface area is 313 Å². The number of nitrogens with zero attached hydrogens (tertiary/aromatic N) is 3. The molecule has 6 aromatic rings. The van der Waals surface area contributed by atoms with Crippen molar-refractivity contribution in [1.82, 2.24) is 35.3 Å². The van der Waals surface area contributed by atoms with E-state index in [4.69, 9.17) is 0 Å². The zero-order valence-electron chi connectivity index (χ0n) is 31.6. The summed E-state index contributed by atoms with van der Waals surface area (Å²) < 4.78 is 0. The van der Waals surface area contributed by atoms with Crippen LogP contribution >= 0.6 is 0 Å². The number of fused-ring (bicyclic) bond motifs is 4. The van der Waals surface area contributed by atoms with E-state index in [9.17, 15) is 19.2 Å². The summed E-state index contributed by atoms with van der Waals surface area (Å²) in [6.45, 7) is 4.32. The summed E-state index contributed by atoms with van der Waals surface area (Å²) in [5.74, 6) is -0.517. The van der Waals surface area contributed by atoms with E-state index in [0.717, 1.165) is 11.0 Å². The van der Waals surface area contributed by atoms with Crippen molar-refractivity contribution in [3.63, 3.8) is 0 Å². The van der Waals surface area contributed by atoms with Crippen molar-refractivity contribution < 1.29 is 9.59 Å². The number of aromatic amines is 2. The van der Waals surface area contributed by atoms with Crippen LogP contribution in [0.4, 0.5) is 11.4 Å². The molecule has 0 saturated heterocycles. The lowest BCUT2D eigenvalue weighted by Crippen LogP contribution is -2.33. The molecule has 6 rings (SSSR count). The van der Waals surface area contributed by atoms with Crippen LogP contribution in [-0.2, 0) is 0 Å². The first-order valence-corrected chi connectivity index (χ1v) is 18.2. The van der Waals surface area contributed by atoms with Gasteiger partial charge in [-0.1, -0.05) is 24.3 Å². The molecule has 4 aromatic carbocycles. The Morgan fingerprint density at radius 2 is 0.926 bits per heavy atom. The number of carbonyl (C=O) groups excluding carboxylic acids is 2. The van der Waals surface area contributed by atoms with E-state index in [1.165, 1.54) is 0 Å². The van der Waals surface area contributed by atoms with Gasteiger partial charge >= 0.3 is 0 Å². The van der Waals surface area contributed by atoms with Gasteiger partial charge in [0, 0.05) is 74.2 Å². The highest BCUT2D eigenvalue weighted by atomic mass is 16.2. The third-order valence-corrected chi connectivity index (χ3v) is 9.52. The molecule has 0 aliphatic carbocycles. The molecule has 2 amide bonds. The lowest BCUT2D eigenvalue weighted by molar-refractivity contribution is 0.0943. The third-order valence-electron chi connectivity index (χ3n) is 9.52. The lowest BCUT2D eigenvalue weighted by atomic mass is 10.0. The number of benzene rings is 4. The molecule has 0 radical (unpaired) electrons. The van der Waals surface area contributed by atoms with Crippen molar-refractivity contribution in [3.05, 3.63) is 104 Å². The molecule has 0 atom stereocenters. The van der Waals surface area contributed by atoms with Crippen LogP contribution in [0.3, 0.4) is 0 Å². The van der Waals surface area contributed by atoms with E-state index in [0.29, 0.717) is 107 Å². The van der Waals surface area contributed by atoms with E-state index in [2.05, 4.69) is 36.1 Å². The molecule has 2 heterocycles. The normalized spacial score (nSPS) is 11.7. The molecule has 54 heavy (non-hydrogen) atoms. The molecule has 2 aromatic heterocycles. The first-order valence-electron chi connectivity index (χ1n) is 18.2. The van der Waals surface area contributed by atoms with E-state index >= 15 is 0 Å². The molecule has 13 nitrogen and oxygen atoms in total. The number of aromatic nitrogens is 2. The number of rotatable bonds is 16. The van der Waals surface area contributed by atoms with Crippen molar-refractivity contribution in [2.24, 2.45) is 0 Å². The summed E-state index contributed by atoms with van der Waals surface area (Å²) in [6, 6.07) is 21.8. The molecule has 282 valence electrons. The maximum atomic E-state index is 13.8. The van der Waals surface area contributed by atoms with Crippen LogP contribution < -0.4 is 32.1 Å². The van der Waals surface area contributed by atoms with Gasteiger partial charge in [-0.15, -0.1) is 0 Å². The van der Waals surface area contributed by atoms with Crippen LogP contribution in [0.1, 0.15) is 20.7 Å². The van der Waals surface area contributed by atoms with E-state index in [1.54, 1.807) is 36.4 Å². The molecule has 0 fully saturated rings. The van der Waals surface area contributed by atoms with Gasteiger partial charge in [0.05, 0.1) is 44.3 Å². The average Bonchev–Trinajstić information content (AvgIpc) is 3.14. The Morgan fingerprint density at radius 1 is 0.519 bits per heavy atom. The van der Waals surface area contributed by atoms with Gasteiger partial charge < -0.3 is 45.9 Å². The number of para-hydroxylation sites is 2. The Bertz CT molecular complexity index is 2270.